The van der Waals surface area contributed by atoms with Crippen molar-refractivity contribution in [2.45, 2.75) is 12.5 Å². The monoisotopic (exact) mass is 543 g/mol. The van der Waals surface area contributed by atoms with Crippen LogP contribution < -0.4 is 15.7 Å². The number of hydrogen-bond donors (Lipinski definition) is 2. The van der Waals surface area contributed by atoms with Gasteiger partial charge >= 0.3 is 0 Å². The number of nitrogens with one attached hydrogen (secondary N) is 2. The molecule has 0 spiro atoms. The van der Waals surface area contributed by atoms with Crippen molar-refractivity contribution in [2.75, 3.05) is 12.0 Å². The lowest BCUT2D eigenvalue weighted by atomic mass is 10.1. The van der Waals surface area contributed by atoms with Crippen molar-refractivity contribution in [3.05, 3.63) is 62.6 Å². The van der Waals surface area contributed by atoms with E-state index >= 15 is 0 Å². The van der Waals surface area contributed by atoms with Crippen molar-refractivity contribution >= 4 is 67.5 Å². The summed E-state index contributed by atoms with van der Waals surface area (Å²) in [7, 11) is 0. The lowest BCUT2D eigenvalue weighted by Crippen LogP contribution is -2.50. The molecule has 0 bridgehead atoms. The largest absolute Gasteiger partial charge is 0.548 e. The molecule has 0 radical (unpaired) electrons. The molecule has 0 fully saturated rings. The van der Waals surface area contributed by atoms with Crippen LogP contribution in [0.25, 0.3) is 6.08 Å². The van der Waals surface area contributed by atoms with E-state index in [4.69, 9.17) is 4.42 Å². The second kappa shape index (κ2) is 11.2. The van der Waals surface area contributed by atoms with E-state index in [0.717, 1.165) is 4.47 Å². The number of benzene rings is 1. The number of thioether (sulfide) groups is 1. The summed E-state index contributed by atoms with van der Waals surface area (Å²) in [5.41, 5.74) is 0.508. The summed E-state index contributed by atoms with van der Waals surface area (Å²) in [5, 5.41) is 16.2. The second-order valence-electron chi connectivity index (χ2n) is 5.79. The standard InChI is InChI=1S/C19H18Br2N2O5S/c1-29-9-8-13(19(26)27)22-17(24)14(10-11-2-4-12(20)5-3-11)23-18(25)15-6-7-16(21)28-15/h2-7,10,13H,8-9H2,1H3,(H,22,24)(H,23,25)(H,26,27)/p-1. The van der Waals surface area contributed by atoms with Gasteiger partial charge in [-0.05, 0) is 70.3 Å². The Morgan fingerprint density at radius 2 is 1.86 bits per heavy atom. The van der Waals surface area contributed by atoms with Gasteiger partial charge in [-0.2, -0.15) is 11.8 Å². The second-order valence-corrected chi connectivity index (χ2v) is 8.48. The van der Waals surface area contributed by atoms with Crippen molar-refractivity contribution in [3.8, 4) is 0 Å². The molecule has 1 heterocycles. The third-order valence-corrected chi connectivity index (χ3v) is 5.27. The summed E-state index contributed by atoms with van der Waals surface area (Å²) in [5.74, 6) is -2.27. The number of carboxylic acid groups (broad SMARTS) is 1. The Labute approximate surface area is 188 Å². The first-order chi connectivity index (χ1) is 13.8. The fourth-order valence-electron chi connectivity index (χ4n) is 2.22. The van der Waals surface area contributed by atoms with Crippen molar-refractivity contribution in [2.24, 2.45) is 0 Å². The van der Waals surface area contributed by atoms with Crippen LogP contribution >= 0.6 is 43.6 Å². The molecule has 0 aliphatic heterocycles. The van der Waals surface area contributed by atoms with Crippen LogP contribution in [-0.2, 0) is 9.59 Å². The first-order valence-corrected chi connectivity index (χ1v) is 11.3. The van der Waals surface area contributed by atoms with Crippen molar-refractivity contribution < 1.29 is 23.9 Å². The van der Waals surface area contributed by atoms with Gasteiger partial charge in [-0.15, -0.1) is 0 Å². The predicted octanol–water partition coefficient (Wildman–Crippen LogP) is 2.56. The molecule has 2 aromatic rings. The summed E-state index contributed by atoms with van der Waals surface area (Å²) in [6.45, 7) is 0. The van der Waals surface area contributed by atoms with E-state index in [1.807, 2.05) is 6.26 Å². The Morgan fingerprint density at radius 1 is 1.17 bits per heavy atom. The van der Waals surface area contributed by atoms with Gasteiger partial charge in [0.15, 0.2) is 10.4 Å². The number of carboxylic acids is 1. The number of amides is 2. The molecular formula is C19H17Br2N2O5S-. The van der Waals surface area contributed by atoms with Crippen LogP contribution in [0.1, 0.15) is 22.5 Å². The summed E-state index contributed by atoms with van der Waals surface area (Å²) in [4.78, 5) is 36.5. The van der Waals surface area contributed by atoms with Gasteiger partial charge in [0.2, 0.25) is 0 Å². The third kappa shape index (κ3) is 7.37. The topological polar surface area (TPSA) is 111 Å². The quantitative estimate of drug-likeness (QED) is 0.469. The van der Waals surface area contributed by atoms with E-state index in [0.29, 0.717) is 16.0 Å². The Balaban J connectivity index is 2.27. The molecule has 2 amide bonds. The lowest BCUT2D eigenvalue weighted by Gasteiger charge is -2.20. The first-order valence-electron chi connectivity index (χ1n) is 8.34. The summed E-state index contributed by atoms with van der Waals surface area (Å²) < 4.78 is 6.40. The van der Waals surface area contributed by atoms with E-state index < -0.39 is 23.8 Å². The van der Waals surface area contributed by atoms with Gasteiger partial charge in [0.1, 0.15) is 5.70 Å². The SMILES string of the molecule is CSCCC(NC(=O)C(=Cc1ccc(Br)cc1)NC(=O)c1ccc(Br)o1)C(=O)[O-]. The molecule has 0 saturated heterocycles. The molecule has 1 aromatic heterocycles. The number of halogens is 2. The lowest BCUT2D eigenvalue weighted by molar-refractivity contribution is -0.308. The highest BCUT2D eigenvalue weighted by Crippen LogP contribution is 2.16. The molecule has 29 heavy (non-hydrogen) atoms. The average molecular weight is 545 g/mol. The van der Waals surface area contributed by atoms with Crippen molar-refractivity contribution in [1.82, 2.24) is 10.6 Å². The maximum atomic E-state index is 12.7. The normalized spacial score (nSPS) is 12.3. The zero-order chi connectivity index (χ0) is 21.4. The number of carbonyl (C=O) groups excluding carboxylic acids is 3. The van der Waals surface area contributed by atoms with Gasteiger partial charge in [-0.1, -0.05) is 28.1 Å². The van der Waals surface area contributed by atoms with Crippen LogP contribution in [0.4, 0.5) is 0 Å². The number of aliphatic carboxylic acids is 1. The van der Waals surface area contributed by atoms with E-state index in [2.05, 4.69) is 42.5 Å². The van der Waals surface area contributed by atoms with Crippen LogP contribution in [0.2, 0.25) is 0 Å². The van der Waals surface area contributed by atoms with Crippen LogP contribution in [0.3, 0.4) is 0 Å². The van der Waals surface area contributed by atoms with E-state index in [1.54, 1.807) is 30.3 Å². The van der Waals surface area contributed by atoms with Crippen molar-refractivity contribution in [1.29, 1.82) is 0 Å². The maximum absolute atomic E-state index is 12.7. The third-order valence-electron chi connectivity index (χ3n) is 3.67. The van der Waals surface area contributed by atoms with Crippen LogP contribution in [0.5, 0.6) is 0 Å². The minimum absolute atomic E-state index is 0.00906. The molecule has 0 saturated carbocycles. The predicted molar refractivity (Wildman–Crippen MR) is 116 cm³/mol. The number of hydrogen-bond acceptors (Lipinski definition) is 6. The zero-order valence-corrected chi connectivity index (χ0v) is 19.2. The van der Waals surface area contributed by atoms with Gasteiger partial charge < -0.3 is 25.0 Å². The molecule has 0 aliphatic carbocycles. The van der Waals surface area contributed by atoms with Crippen molar-refractivity contribution in [3.63, 3.8) is 0 Å². The Morgan fingerprint density at radius 3 is 2.41 bits per heavy atom. The summed E-state index contributed by atoms with van der Waals surface area (Å²) >= 11 is 7.88. The highest BCUT2D eigenvalue weighted by molar-refractivity contribution is 9.10. The van der Waals surface area contributed by atoms with Crippen LogP contribution in [0, 0.1) is 0 Å². The smallest absolute Gasteiger partial charge is 0.291 e. The molecule has 154 valence electrons. The molecular weight excluding hydrogens is 528 g/mol. The fourth-order valence-corrected chi connectivity index (χ4v) is 3.27. The minimum Gasteiger partial charge on any atom is -0.548 e. The Bertz CT molecular complexity index is 912. The van der Waals surface area contributed by atoms with Gasteiger partial charge in [0, 0.05) is 4.47 Å². The van der Waals surface area contributed by atoms with E-state index in [9.17, 15) is 19.5 Å². The van der Waals surface area contributed by atoms with Crippen LogP contribution in [-0.4, -0.2) is 35.8 Å². The van der Waals surface area contributed by atoms with Gasteiger partial charge in [-0.3, -0.25) is 9.59 Å². The fraction of sp³-hybridized carbons (Fsp3) is 0.211. The van der Waals surface area contributed by atoms with E-state index in [1.165, 1.54) is 23.9 Å². The maximum Gasteiger partial charge on any atom is 0.291 e. The molecule has 2 N–H and O–H groups in total. The van der Waals surface area contributed by atoms with Gasteiger partial charge in [-0.25, -0.2) is 0 Å². The van der Waals surface area contributed by atoms with Gasteiger partial charge in [0.25, 0.3) is 11.8 Å². The molecule has 1 atom stereocenters. The number of carbonyl (C=O) groups is 3. The Kier molecular flexibility index (Phi) is 8.99. The number of rotatable bonds is 9. The first kappa shape index (κ1) is 23.2. The van der Waals surface area contributed by atoms with E-state index in [-0.39, 0.29) is 17.9 Å². The molecule has 1 unspecified atom stereocenters. The molecule has 7 nitrogen and oxygen atoms in total. The summed E-state index contributed by atoms with van der Waals surface area (Å²) in [6, 6.07) is 8.81. The molecule has 1 aromatic carbocycles. The summed E-state index contributed by atoms with van der Waals surface area (Å²) in [6.07, 6.45) is 3.47. The zero-order valence-electron chi connectivity index (χ0n) is 15.2. The van der Waals surface area contributed by atoms with Gasteiger partial charge in [0.05, 0.1) is 12.0 Å². The molecule has 10 heteroatoms. The Hall–Kier alpha value is -2.04. The van der Waals surface area contributed by atoms with Crippen LogP contribution in [0.15, 0.2) is 55.7 Å². The highest BCUT2D eigenvalue weighted by atomic mass is 79.9. The minimum atomic E-state index is -1.39. The molecule has 2 rings (SSSR count). The average Bonchev–Trinajstić information content (AvgIpc) is 3.12. The number of furan rings is 1. The highest BCUT2D eigenvalue weighted by Gasteiger charge is 2.20. The molecule has 0 aliphatic rings.